The molecule has 236 valence electrons. The van der Waals surface area contributed by atoms with Crippen LogP contribution in [0.15, 0.2) is 182 Å². The number of nitrogens with zero attached hydrogens (tertiary/aromatic N) is 1. The molecule has 1 nitrogen and oxygen atoms in total. The number of halogens is 3. The zero-order valence-corrected chi connectivity index (χ0v) is 26.4. The highest BCUT2D eigenvalue weighted by molar-refractivity contribution is 6.21. The Balaban J connectivity index is 1.28. The normalized spacial score (nSPS) is 11.6. The van der Waals surface area contributed by atoms with E-state index in [4.69, 9.17) is 0 Å². The molecule has 0 aliphatic rings. The molecule has 0 aromatic heterocycles. The summed E-state index contributed by atoms with van der Waals surface area (Å²) in [5.74, 6) is 0. The van der Waals surface area contributed by atoms with E-state index >= 15 is 0 Å². The molecule has 4 heteroatoms. The Labute approximate surface area is 283 Å². The number of hydrogen-bond acceptors (Lipinski definition) is 1. The van der Waals surface area contributed by atoms with E-state index in [-0.39, 0.29) is 0 Å². The molecule has 0 heterocycles. The molecule has 49 heavy (non-hydrogen) atoms. The van der Waals surface area contributed by atoms with E-state index in [1.807, 2.05) is 59.5 Å². The molecule has 0 aliphatic carbocycles. The first-order chi connectivity index (χ1) is 24.0. The van der Waals surface area contributed by atoms with Gasteiger partial charge in [0.05, 0.1) is 5.56 Å². The maximum atomic E-state index is 13.4. The maximum Gasteiger partial charge on any atom is 0.416 e. The van der Waals surface area contributed by atoms with Crippen molar-refractivity contribution in [3.63, 3.8) is 0 Å². The van der Waals surface area contributed by atoms with Crippen LogP contribution < -0.4 is 4.90 Å². The molecule has 0 unspecified atom stereocenters. The summed E-state index contributed by atoms with van der Waals surface area (Å²) in [6.45, 7) is 0. The van der Waals surface area contributed by atoms with Crippen LogP contribution in [0.25, 0.3) is 54.9 Å². The third kappa shape index (κ3) is 5.72. The largest absolute Gasteiger partial charge is 0.416 e. The second-order valence-corrected chi connectivity index (χ2v) is 12.1. The zero-order chi connectivity index (χ0) is 33.4. The van der Waals surface area contributed by atoms with Gasteiger partial charge in [-0.2, -0.15) is 13.2 Å². The predicted octanol–water partition coefficient (Wildman–Crippen LogP) is 13.5. The van der Waals surface area contributed by atoms with E-state index in [9.17, 15) is 13.2 Å². The fraction of sp³-hybridized carbons (Fsp3) is 0.0222. The number of benzene rings is 8. The average molecular weight is 642 g/mol. The van der Waals surface area contributed by atoms with Gasteiger partial charge in [0.2, 0.25) is 0 Å². The van der Waals surface area contributed by atoms with Crippen molar-refractivity contribution in [1.29, 1.82) is 0 Å². The van der Waals surface area contributed by atoms with Crippen LogP contribution in [0, 0.1) is 0 Å². The Morgan fingerprint density at radius 3 is 1.27 bits per heavy atom. The minimum absolute atomic E-state index is 0.644. The molecule has 0 spiro atoms. The summed E-state index contributed by atoms with van der Waals surface area (Å²) in [5.41, 5.74) is 8.52. The first kappa shape index (κ1) is 30.2. The summed E-state index contributed by atoms with van der Waals surface area (Å²) in [4.78, 5) is 1.97. The Morgan fingerprint density at radius 1 is 0.327 bits per heavy atom. The zero-order valence-electron chi connectivity index (χ0n) is 26.4. The third-order valence-electron chi connectivity index (χ3n) is 9.07. The van der Waals surface area contributed by atoms with Crippen molar-refractivity contribution in [3.8, 4) is 33.4 Å². The molecule has 8 rings (SSSR count). The van der Waals surface area contributed by atoms with Crippen LogP contribution in [0.4, 0.5) is 30.2 Å². The molecule has 8 aromatic carbocycles. The predicted molar refractivity (Wildman–Crippen MR) is 197 cm³/mol. The molecule has 0 saturated heterocycles. The van der Waals surface area contributed by atoms with Crippen LogP contribution in [-0.2, 0) is 6.18 Å². The van der Waals surface area contributed by atoms with Crippen LogP contribution in [-0.4, -0.2) is 0 Å². The smallest absolute Gasteiger partial charge is 0.311 e. The Kier molecular flexibility index (Phi) is 7.69. The lowest BCUT2D eigenvalue weighted by atomic mass is 9.85. The van der Waals surface area contributed by atoms with Gasteiger partial charge in [-0.25, -0.2) is 0 Å². The molecule has 8 aromatic rings. The first-order valence-corrected chi connectivity index (χ1v) is 16.2. The highest BCUT2D eigenvalue weighted by Crippen LogP contribution is 2.45. The molecule has 0 N–H and O–H groups in total. The van der Waals surface area contributed by atoms with Crippen LogP contribution in [0.5, 0.6) is 0 Å². The summed E-state index contributed by atoms with van der Waals surface area (Å²) in [7, 11) is 0. The van der Waals surface area contributed by atoms with Gasteiger partial charge < -0.3 is 4.90 Å². The lowest BCUT2D eigenvalue weighted by molar-refractivity contribution is -0.137. The summed E-state index contributed by atoms with van der Waals surface area (Å²) in [6, 6.07) is 59.6. The van der Waals surface area contributed by atoms with Crippen molar-refractivity contribution in [2.45, 2.75) is 6.18 Å². The number of rotatable bonds is 6. The SMILES string of the molecule is FC(F)(F)c1ccc(N(c2ccccc2)c2ccc(-c3ccc4c(-c5ccccc5)c5ccccc5c(-c5ccccc5)c4c3)cc2)cc1. The summed E-state index contributed by atoms with van der Waals surface area (Å²) in [6.07, 6.45) is -4.40. The average Bonchev–Trinajstić information content (AvgIpc) is 3.15. The van der Waals surface area contributed by atoms with Crippen molar-refractivity contribution in [2.75, 3.05) is 4.90 Å². The van der Waals surface area contributed by atoms with E-state index in [1.54, 1.807) is 0 Å². The molecule has 0 radical (unpaired) electrons. The maximum absolute atomic E-state index is 13.4. The molecule has 0 fully saturated rings. The van der Waals surface area contributed by atoms with Gasteiger partial charge in [0.1, 0.15) is 0 Å². The topological polar surface area (TPSA) is 3.24 Å². The van der Waals surface area contributed by atoms with Gasteiger partial charge in [0, 0.05) is 17.1 Å². The second kappa shape index (κ2) is 12.5. The number of alkyl halides is 3. The Hall–Kier alpha value is -6.13. The van der Waals surface area contributed by atoms with Crippen LogP contribution in [0.2, 0.25) is 0 Å². The standard InChI is InChI=1S/C45H30F3N/c46-45(47,48)35-23-27-38(28-24-35)49(36-16-8-3-9-17-36)37-25-20-31(21-26-37)34-22-29-41-42(30-34)44(33-14-6-2-7-15-33)40-19-11-10-18-39(40)43(41)32-12-4-1-5-13-32/h1-30H. The molecule has 0 saturated carbocycles. The molecule has 0 bridgehead atoms. The molecule has 0 amide bonds. The quantitative estimate of drug-likeness (QED) is 0.163. The van der Waals surface area contributed by atoms with Crippen molar-refractivity contribution in [2.24, 2.45) is 0 Å². The van der Waals surface area contributed by atoms with Crippen molar-refractivity contribution in [3.05, 3.63) is 188 Å². The van der Waals surface area contributed by atoms with Crippen molar-refractivity contribution < 1.29 is 13.2 Å². The minimum Gasteiger partial charge on any atom is -0.311 e. The lowest BCUT2D eigenvalue weighted by Gasteiger charge is -2.26. The molecule has 0 atom stereocenters. The number of fused-ring (bicyclic) bond motifs is 2. The summed E-state index contributed by atoms with van der Waals surface area (Å²) < 4.78 is 40.1. The lowest BCUT2D eigenvalue weighted by Crippen LogP contribution is -2.11. The van der Waals surface area contributed by atoms with E-state index in [0.29, 0.717) is 5.69 Å². The Bertz CT molecular complexity index is 2380. The van der Waals surface area contributed by atoms with Gasteiger partial charge in [-0.3, -0.25) is 0 Å². The fourth-order valence-corrected chi connectivity index (χ4v) is 6.82. The number of anilines is 3. The summed E-state index contributed by atoms with van der Waals surface area (Å²) >= 11 is 0. The number of para-hydroxylation sites is 1. The van der Waals surface area contributed by atoms with Crippen LogP contribution in [0.3, 0.4) is 0 Å². The van der Waals surface area contributed by atoms with Gasteiger partial charge in [-0.15, -0.1) is 0 Å². The Morgan fingerprint density at radius 2 is 0.735 bits per heavy atom. The molecular weight excluding hydrogens is 611 g/mol. The van der Waals surface area contributed by atoms with E-state index in [0.717, 1.165) is 40.2 Å². The monoisotopic (exact) mass is 641 g/mol. The number of hydrogen-bond donors (Lipinski definition) is 0. The van der Waals surface area contributed by atoms with Gasteiger partial charge in [0.15, 0.2) is 0 Å². The van der Waals surface area contributed by atoms with Gasteiger partial charge in [0.25, 0.3) is 0 Å². The van der Waals surface area contributed by atoms with Crippen molar-refractivity contribution in [1.82, 2.24) is 0 Å². The highest BCUT2D eigenvalue weighted by atomic mass is 19.4. The van der Waals surface area contributed by atoms with Gasteiger partial charge in [-0.05, 0) is 110 Å². The van der Waals surface area contributed by atoms with E-state index < -0.39 is 11.7 Å². The second-order valence-electron chi connectivity index (χ2n) is 12.1. The van der Waals surface area contributed by atoms with Crippen LogP contribution >= 0.6 is 0 Å². The fourth-order valence-electron chi connectivity index (χ4n) is 6.82. The minimum atomic E-state index is -4.40. The molecular formula is C45H30F3N. The van der Waals surface area contributed by atoms with Gasteiger partial charge >= 0.3 is 6.18 Å². The van der Waals surface area contributed by atoms with Crippen molar-refractivity contribution >= 4 is 38.6 Å². The highest BCUT2D eigenvalue weighted by Gasteiger charge is 2.30. The van der Waals surface area contributed by atoms with Crippen LogP contribution in [0.1, 0.15) is 5.56 Å². The van der Waals surface area contributed by atoms with E-state index in [1.165, 1.54) is 50.4 Å². The third-order valence-corrected chi connectivity index (χ3v) is 9.07. The summed E-state index contributed by atoms with van der Waals surface area (Å²) in [5, 5.41) is 4.76. The van der Waals surface area contributed by atoms with Gasteiger partial charge in [-0.1, -0.05) is 127 Å². The van der Waals surface area contributed by atoms with E-state index in [2.05, 4.69) is 103 Å². The first-order valence-electron chi connectivity index (χ1n) is 16.2. The molecule has 0 aliphatic heterocycles.